The molecule has 3 aromatic rings. The number of nitrogens with zero attached hydrogens (tertiary/aromatic N) is 1. The van der Waals surface area contributed by atoms with Crippen LogP contribution in [0.25, 0.3) is 28.0 Å². The summed E-state index contributed by atoms with van der Waals surface area (Å²) >= 11 is 0. The molecule has 0 atom stereocenters. The van der Waals surface area contributed by atoms with E-state index in [1.54, 1.807) is 6.20 Å². The van der Waals surface area contributed by atoms with Gasteiger partial charge in [0, 0.05) is 23.0 Å². The lowest BCUT2D eigenvalue weighted by Crippen LogP contribution is -1.90. The number of aromatic nitrogens is 1. The quantitative estimate of drug-likeness (QED) is 0.694. The summed E-state index contributed by atoms with van der Waals surface area (Å²) in [4.78, 5) is 10.7. The number of benzene rings is 2. The van der Waals surface area contributed by atoms with Crippen molar-refractivity contribution in [2.24, 2.45) is 0 Å². The van der Waals surface area contributed by atoms with Crippen molar-refractivity contribution in [2.45, 2.75) is 0 Å². The van der Waals surface area contributed by atoms with Gasteiger partial charge in [0.25, 0.3) is 0 Å². The number of hydrogen-bond donors (Lipinski definition) is 1. The topological polar surface area (TPSA) is 42.2 Å². The van der Waals surface area contributed by atoms with E-state index in [2.05, 4.69) is 0 Å². The normalized spacial score (nSPS) is 11.6. The van der Waals surface area contributed by atoms with Gasteiger partial charge in [0.15, 0.2) is 0 Å². The fourth-order valence-corrected chi connectivity index (χ4v) is 2.25. The Balaban J connectivity index is 2.41. The van der Waals surface area contributed by atoms with Gasteiger partial charge in [0.1, 0.15) is 0 Å². The van der Waals surface area contributed by atoms with Crippen LogP contribution in [0.3, 0.4) is 0 Å². The number of hydrogen-bond acceptors (Lipinski definition) is 1. The van der Waals surface area contributed by atoms with Gasteiger partial charge < -0.3 is 9.67 Å². The van der Waals surface area contributed by atoms with Crippen LogP contribution in [0.4, 0.5) is 0 Å². The van der Waals surface area contributed by atoms with E-state index in [0.717, 1.165) is 27.9 Å². The predicted octanol–water partition coefficient (Wildman–Crippen LogP) is 3.35. The summed E-state index contributed by atoms with van der Waals surface area (Å²) in [6.45, 7) is 0. The number of rotatable bonds is 2. The van der Waals surface area contributed by atoms with Gasteiger partial charge in [0.05, 0.1) is 11.0 Å². The minimum atomic E-state index is -0.947. The highest BCUT2D eigenvalue weighted by molar-refractivity contribution is 6.09. The van der Waals surface area contributed by atoms with Crippen molar-refractivity contribution in [1.82, 2.24) is 4.57 Å². The molecule has 3 heteroatoms. The lowest BCUT2D eigenvalue weighted by atomic mass is 10.2. The zero-order valence-electron chi connectivity index (χ0n) is 9.58. The van der Waals surface area contributed by atoms with Gasteiger partial charge >= 0.3 is 5.97 Å². The monoisotopic (exact) mass is 237 g/mol. The smallest absolute Gasteiger partial charge is 0.329 e. The molecule has 0 spiro atoms. The van der Waals surface area contributed by atoms with Crippen LogP contribution in [0.15, 0.2) is 54.6 Å². The first kappa shape index (κ1) is 10.6. The Kier molecular flexibility index (Phi) is 2.38. The van der Waals surface area contributed by atoms with Crippen molar-refractivity contribution >= 4 is 34.0 Å². The van der Waals surface area contributed by atoms with Gasteiger partial charge in [-0.25, -0.2) is 4.79 Å². The van der Waals surface area contributed by atoms with E-state index >= 15 is 0 Å². The molecule has 0 saturated heterocycles. The Morgan fingerprint density at radius 2 is 1.44 bits per heavy atom. The molecule has 1 aromatic heterocycles. The largest absolute Gasteiger partial charge is 0.478 e. The molecule has 2 aromatic carbocycles. The van der Waals surface area contributed by atoms with Crippen molar-refractivity contribution in [3.63, 3.8) is 0 Å². The highest BCUT2D eigenvalue weighted by Gasteiger charge is 2.07. The summed E-state index contributed by atoms with van der Waals surface area (Å²) in [5.41, 5.74) is 2.02. The van der Waals surface area contributed by atoms with Gasteiger partial charge in [-0.05, 0) is 12.1 Å². The van der Waals surface area contributed by atoms with Crippen LogP contribution in [0, 0.1) is 0 Å². The zero-order chi connectivity index (χ0) is 12.5. The van der Waals surface area contributed by atoms with E-state index in [0.29, 0.717) is 0 Å². The fourth-order valence-electron chi connectivity index (χ4n) is 2.25. The molecule has 1 N–H and O–H groups in total. The third kappa shape index (κ3) is 1.57. The highest BCUT2D eigenvalue weighted by Crippen LogP contribution is 2.28. The predicted molar refractivity (Wildman–Crippen MR) is 72.4 cm³/mol. The van der Waals surface area contributed by atoms with Crippen molar-refractivity contribution in [3.8, 4) is 0 Å². The Bertz CT molecular complexity index is 715. The second kappa shape index (κ2) is 4.04. The maximum absolute atomic E-state index is 10.7. The van der Waals surface area contributed by atoms with Crippen molar-refractivity contribution in [2.75, 3.05) is 0 Å². The molecule has 88 valence electrons. The highest BCUT2D eigenvalue weighted by atomic mass is 16.4. The fraction of sp³-hybridized carbons (Fsp3) is 0. The molecule has 0 bridgehead atoms. The number of para-hydroxylation sites is 2. The molecule has 1 heterocycles. The molecule has 0 aliphatic rings. The van der Waals surface area contributed by atoms with Crippen molar-refractivity contribution in [3.05, 3.63) is 54.6 Å². The third-order valence-electron chi connectivity index (χ3n) is 2.98. The summed E-state index contributed by atoms with van der Waals surface area (Å²) in [5, 5.41) is 11.0. The Labute approximate surface area is 104 Å². The molecule has 3 rings (SSSR count). The minimum Gasteiger partial charge on any atom is -0.478 e. The molecule has 18 heavy (non-hydrogen) atoms. The maximum Gasteiger partial charge on any atom is 0.329 e. The Morgan fingerprint density at radius 3 is 1.94 bits per heavy atom. The van der Waals surface area contributed by atoms with Crippen LogP contribution in [-0.2, 0) is 4.79 Å². The first-order valence-electron chi connectivity index (χ1n) is 5.66. The van der Waals surface area contributed by atoms with E-state index in [1.165, 1.54) is 0 Å². The van der Waals surface area contributed by atoms with Crippen LogP contribution in [0.1, 0.15) is 0 Å². The van der Waals surface area contributed by atoms with Crippen LogP contribution in [-0.4, -0.2) is 15.6 Å². The lowest BCUT2D eigenvalue weighted by Gasteiger charge is -1.98. The van der Waals surface area contributed by atoms with E-state index < -0.39 is 5.97 Å². The molecule has 0 aliphatic heterocycles. The average molecular weight is 237 g/mol. The minimum absolute atomic E-state index is 0.947. The zero-order valence-corrected chi connectivity index (χ0v) is 9.58. The number of carbonyl (C=O) groups is 1. The van der Waals surface area contributed by atoms with Crippen LogP contribution >= 0.6 is 0 Å². The standard InChI is InChI=1S/C15H11NO2/c17-15(18)9-10-16-13-7-3-1-5-11(13)12-6-2-4-8-14(12)16/h1-10H,(H,17,18)/b10-9+. The van der Waals surface area contributed by atoms with Gasteiger partial charge in [-0.3, -0.25) is 0 Å². The Morgan fingerprint density at radius 1 is 0.944 bits per heavy atom. The molecule has 3 nitrogen and oxygen atoms in total. The van der Waals surface area contributed by atoms with E-state index in [9.17, 15) is 4.79 Å². The second-order valence-electron chi connectivity index (χ2n) is 4.06. The SMILES string of the molecule is O=C(O)/C=C/n1c2ccccc2c2ccccc21. The number of fused-ring (bicyclic) bond motifs is 3. The summed E-state index contributed by atoms with van der Waals surface area (Å²) < 4.78 is 1.90. The van der Waals surface area contributed by atoms with Gasteiger partial charge in [-0.2, -0.15) is 0 Å². The van der Waals surface area contributed by atoms with Gasteiger partial charge in [0.2, 0.25) is 0 Å². The van der Waals surface area contributed by atoms with Crippen LogP contribution in [0.2, 0.25) is 0 Å². The number of carboxylic acids is 1. The van der Waals surface area contributed by atoms with Crippen molar-refractivity contribution in [1.29, 1.82) is 0 Å². The first-order valence-corrected chi connectivity index (χ1v) is 5.66. The molecule has 0 radical (unpaired) electrons. The summed E-state index contributed by atoms with van der Waals surface area (Å²) in [5.74, 6) is -0.947. The summed E-state index contributed by atoms with van der Waals surface area (Å²) in [6, 6.07) is 15.9. The third-order valence-corrected chi connectivity index (χ3v) is 2.98. The molecule has 0 aliphatic carbocycles. The maximum atomic E-state index is 10.7. The average Bonchev–Trinajstić information content (AvgIpc) is 2.71. The van der Waals surface area contributed by atoms with Gasteiger partial charge in [-0.15, -0.1) is 0 Å². The summed E-state index contributed by atoms with van der Waals surface area (Å²) in [6.07, 6.45) is 2.74. The molecule has 0 fully saturated rings. The lowest BCUT2D eigenvalue weighted by molar-refractivity contribution is -0.131. The number of aliphatic carboxylic acids is 1. The van der Waals surface area contributed by atoms with Gasteiger partial charge in [-0.1, -0.05) is 36.4 Å². The van der Waals surface area contributed by atoms with Crippen LogP contribution in [0.5, 0.6) is 0 Å². The summed E-state index contributed by atoms with van der Waals surface area (Å²) in [7, 11) is 0. The Hall–Kier alpha value is -2.55. The molecule has 0 amide bonds. The van der Waals surface area contributed by atoms with E-state index in [4.69, 9.17) is 5.11 Å². The van der Waals surface area contributed by atoms with E-state index in [-0.39, 0.29) is 0 Å². The van der Waals surface area contributed by atoms with E-state index in [1.807, 2.05) is 53.1 Å². The van der Waals surface area contributed by atoms with Crippen molar-refractivity contribution < 1.29 is 9.90 Å². The first-order chi connectivity index (χ1) is 8.77. The molecular formula is C15H11NO2. The van der Waals surface area contributed by atoms with Crippen LogP contribution < -0.4 is 0 Å². The molecule has 0 unspecified atom stereocenters. The molecular weight excluding hydrogens is 226 g/mol. The number of carboxylic acid groups (broad SMARTS) is 1. The molecule has 0 saturated carbocycles. The second-order valence-corrected chi connectivity index (χ2v) is 4.06.